The highest BCUT2D eigenvalue weighted by Gasteiger charge is 2.27. The Morgan fingerprint density at radius 3 is 1.78 bits per heavy atom. The highest BCUT2D eigenvalue weighted by atomic mass is 35.5. The number of aliphatic hydroxyl groups excluding tert-OH is 4. The van der Waals surface area contributed by atoms with Gasteiger partial charge in [-0.05, 0) is 55.7 Å². The van der Waals surface area contributed by atoms with Gasteiger partial charge in [0.05, 0.1) is 24.2 Å². The molecule has 1 aromatic heterocycles. The molecular weight excluding hydrogens is 658 g/mol. The van der Waals surface area contributed by atoms with E-state index in [0.29, 0.717) is 11.0 Å². The van der Waals surface area contributed by atoms with Crippen molar-refractivity contribution in [1.29, 1.82) is 0 Å². The van der Waals surface area contributed by atoms with E-state index in [-0.39, 0.29) is 18.1 Å². The lowest BCUT2D eigenvalue weighted by Gasteiger charge is -2.25. The summed E-state index contributed by atoms with van der Waals surface area (Å²) in [4.78, 5) is 37.8. The quantitative estimate of drug-likeness (QED) is 0.0439. The molecule has 0 unspecified atom stereocenters. The summed E-state index contributed by atoms with van der Waals surface area (Å²) in [5.74, 6) is 0.794. The molecule has 0 radical (unpaired) electrons. The molecule has 5 N–H and O–H groups in total. The molecule has 0 spiro atoms. The van der Waals surface area contributed by atoms with Crippen molar-refractivity contribution in [3.05, 3.63) is 74.7 Å². The predicted molar refractivity (Wildman–Crippen MR) is 201 cm³/mol. The number of alkyl halides is 1. The van der Waals surface area contributed by atoms with E-state index >= 15 is 0 Å². The van der Waals surface area contributed by atoms with Gasteiger partial charge in [0.15, 0.2) is 11.5 Å². The van der Waals surface area contributed by atoms with E-state index in [4.69, 9.17) is 16.7 Å². The number of halogens is 1. The van der Waals surface area contributed by atoms with E-state index in [9.17, 15) is 24.9 Å². The molecule has 0 bridgehead atoms. The third-order valence-electron chi connectivity index (χ3n) is 8.62. The maximum absolute atomic E-state index is 12.2. The van der Waals surface area contributed by atoms with Gasteiger partial charge in [-0.15, -0.1) is 11.6 Å². The van der Waals surface area contributed by atoms with E-state index in [0.717, 1.165) is 17.0 Å². The lowest BCUT2D eigenvalue weighted by Crippen LogP contribution is -2.42. The number of aryl methyl sites for hydroxylation is 2. The number of nitrogens with one attached hydrogen (secondary N) is 1. The Bertz CT molecular complexity index is 1530. The number of aliphatic hydroxyl groups is 4. The number of unbranched alkanes of at least 4 members (excludes halogenated alkanes) is 13. The highest BCUT2D eigenvalue weighted by molar-refractivity contribution is 6.17. The van der Waals surface area contributed by atoms with Gasteiger partial charge in [0.1, 0.15) is 18.3 Å². The number of fused-ring (bicyclic) bond motifs is 2. The van der Waals surface area contributed by atoms with Gasteiger partial charge in [0.25, 0.3) is 5.56 Å². The van der Waals surface area contributed by atoms with Crippen LogP contribution in [0.1, 0.15) is 108 Å². The molecule has 0 fully saturated rings. The lowest BCUT2D eigenvalue weighted by atomic mass is 10.0. The summed E-state index contributed by atoms with van der Waals surface area (Å²) in [5, 5.41) is 38.8. The molecule has 3 heterocycles. The Hall–Kier alpha value is -3.22. The number of nitrogens with zero attached hydrogens (tertiary/aromatic N) is 4. The number of H-pyrrole nitrogens is 1. The number of benzene rings is 1. The van der Waals surface area contributed by atoms with Crippen LogP contribution >= 0.6 is 11.6 Å². The fraction of sp³-hybridized carbons (Fsp3) is 0.605. The summed E-state index contributed by atoms with van der Waals surface area (Å²) < 4.78 is 1.40. The first-order chi connectivity index (χ1) is 24.1. The molecule has 0 amide bonds. The van der Waals surface area contributed by atoms with Crippen molar-refractivity contribution in [3.63, 3.8) is 0 Å². The summed E-state index contributed by atoms with van der Waals surface area (Å²) in [6.07, 6.45) is 18.7. The second-order valence-electron chi connectivity index (χ2n) is 12.8. The predicted octanol–water partition coefficient (Wildman–Crippen LogP) is 6.06. The van der Waals surface area contributed by atoms with Crippen molar-refractivity contribution in [1.82, 2.24) is 24.5 Å². The third-order valence-corrected chi connectivity index (χ3v) is 8.89. The topological polar surface area (TPSA) is 174 Å². The van der Waals surface area contributed by atoms with Gasteiger partial charge in [0, 0.05) is 18.3 Å². The Balaban J connectivity index is 0.000000320. The van der Waals surface area contributed by atoms with E-state index < -0.39 is 36.2 Å². The van der Waals surface area contributed by atoms with E-state index in [1.165, 1.54) is 94.5 Å². The summed E-state index contributed by atoms with van der Waals surface area (Å²) in [5.41, 5.74) is 1.11. The van der Waals surface area contributed by atoms with Crippen molar-refractivity contribution < 1.29 is 20.4 Å². The molecular formula is C38H58ClN5O6. The van der Waals surface area contributed by atoms with Crippen LogP contribution in [0.15, 0.2) is 52.3 Å². The first-order valence-corrected chi connectivity index (χ1v) is 18.7. The van der Waals surface area contributed by atoms with E-state index in [1.807, 2.05) is 32.0 Å². The molecule has 2 aliphatic heterocycles. The Morgan fingerprint density at radius 2 is 1.30 bits per heavy atom. The molecule has 278 valence electrons. The van der Waals surface area contributed by atoms with Crippen molar-refractivity contribution in [2.45, 2.75) is 136 Å². The molecule has 1 aromatic carbocycles. The van der Waals surface area contributed by atoms with Crippen LogP contribution in [0.2, 0.25) is 0 Å². The number of aromatic nitrogens is 5. The van der Waals surface area contributed by atoms with Crippen molar-refractivity contribution in [2.24, 2.45) is 0 Å². The average molecular weight is 716 g/mol. The first-order valence-electron chi connectivity index (χ1n) is 18.1. The van der Waals surface area contributed by atoms with Gasteiger partial charge < -0.3 is 25.0 Å². The fourth-order valence-corrected chi connectivity index (χ4v) is 5.68. The van der Waals surface area contributed by atoms with Gasteiger partial charge in [0.2, 0.25) is 0 Å². The third kappa shape index (κ3) is 15.3. The van der Waals surface area contributed by atoms with Gasteiger partial charge in [-0.2, -0.15) is 4.98 Å². The normalized spacial score (nSPS) is 12.9. The van der Waals surface area contributed by atoms with Gasteiger partial charge in [-0.3, -0.25) is 14.8 Å². The first kappa shape index (κ1) is 42.9. The minimum absolute atomic E-state index is 0.0516. The zero-order chi connectivity index (χ0) is 36.7. The van der Waals surface area contributed by atoms with Crippen molar-refractivity contribution in [3.8, 4) is 11.5 Å². The van der Waals surface area contributed by atoms with Crippen LogP contribution in [0.25, 0.3) is 22.6 Å². The molecule has 0 saturated carbocycles. The Kier molecular flexibility index (Phi) is 21.3. The number of rotatable bonds is 19. The van der Waals surface area contributed by atoms with Crippen LogP contribution in [-0.4, -0.2) is 75.7 Å². The minimum atomic E-state index is -1.64. The zero-order valence-corrected chi connectivity index (χ0v) is 30.8. The molecule has 2 aliphatic rings. The highest BCUT2D eigenvalue weighted by Crippen LogP contribution is 2.24. The second kappa shape index (κ2) is 24.8. The Labute approximate surface area is 301 Å². The van der Waals surface area contributed by atoms with Crippen LogP contribution in [-0.2, 0) is 6.54 Å². The molecule has 0 aliphatic carbocycles. The zero-order valence-electron chi connectivity index (χ0n) is 30.1. The lowest BCUT2D eigenvalue weighted by molar-refractivity contribution is -0.0802. The van der Waals surface area contributed by atoms with Crippen LogP contribution in [0.3, 0.4) is 0 Å². The molecule has 4 rings (SSSR count). The van der Waals surface area contributed by atoms with Gasteiger partial charge in [-0.1, -0.05) is 96.5 Å². The van der Waals surface area contributed by atoms with Crippen molar-refractivity contribution >= 4 is 22.6 Å². The standard InChI is InChI=1S/C17H20N4O6.C16H33Cl.C5H5N/c1-7-3-9-10(4-8(7)2)21(5-11(23)14(25)12(24)6-22)15-13(18-9)16(26)20-17(27)19-15;1-2-3-4-5-6-7-8-9-10-11-12-13-14-15-16-17;1-2-4-6-5-3-1/h3-4,11-12,14,22-25H,5-6H2,1-2H3,(H,20,26,27);2-16H2,1H3;1-5H/t11-,12+,14-;;/m0../s1. The van der Waals surface area contributed by atoms with E-state index in [2.05, 4.69) is 26.9 Å². The SMILES string of the molecule is CCCCCCCCCCCCCCCCCl.Cc1cc2nc3c(=O)[nH]c(=O)nc-3n(C[C@H](O)[C@H](O)[C@H](O)CO)c2cc1C.c1ccncc1. The second-order valence-corrected chi connectivity index (χ2v) is 13.2. The van der Waals surface area contributed by atoms with Crippen LogP contribution in [0, 0.1) is 13.8 Å². The maximum Gasteiger partial charge on any atom is 0.349 e. The average Bonchev–Trinajstić information content (AvgIpc) is 3.12. The largest absolute Gasteiger partial charge is 0.394 e. The number of pyridine rings is 1. The van der Waals surface area contributed by atoms with Gasteiger partial charge in [-0.25, -0.2) is 9.78 Å². The maximum atomic E-state index is 12.2. The van der Waals surface area contributed by atoms with Gasteiger partial charge >= 0.3 is 5.69 Å². The summed E-state index contributed by atoms with van der Waals surface area (Å²) in [7, 11) is 0. The Morgan fingerprint density at radius 1 is 0.760 bits per heavy atom. The molecule has 11 nitrogen and oxygen atoms in total. The number of hydrogen-bond acceptors (Lipinski definition) is 9. The molecule has 50 heavy (non-hydrogen) atoms. The van der Waals surface area contributed by atoms with Crippen LogP contribution in [0.5, 0.6) is 0 Å². The summed E-state index contributed by atoms with van der Waals surface area (Å²) in [6.45, 7) is 5.01. The summed E-state index contributed by atoms with van der Waals surface area (Å²) in [6, 6.07) is 9.25. The number of aromatic amines is 1. The molecule has 3 atom stereocenters. The minimum Gasteiger partial charge on any atom is -0.394 e. The molecule has 12 heteroatoms. The van der Waals surface area contributed by atoms with E-state index in [1.54, 1.807) is 24.5 Å². The van der Waals surface area contributed by atoms with Crippen LogP contribution < -0.4 is 11.2 Å². The monoisotopic (exact) mass is 715 g/mol. The summed E-state index contributed by atoms with van der Waals surface area (Å²) >= 11 is 5.64. The smallest absolute Gasteiger partial charge is 0.349 e. The molecule has 0 saturated heterocycles. The van der Waals surface area contributed by atoms with Crippen molar-refractivity contribution in [2.75, 3.05) is 12.5 Å². The fourth-order valence-electron chi connectivity index (χ4n) is 5.50. The van der Waals surface area contributed by atoms with Crippen LogP contribution in [0.4, 0.5) is 0 Å². The number of hydrogen-bond donors (Lipinski definition) is 5. The molecule has 2 aromatic rings.